The number of carbonyl (C=O) groups is 3. The number of amides is 2. The van der Waals surface area contributed by atoms with Crippen molar-refractivity contribution >= 4 is 35.2 Å². The van der Waals surface area contributed by atoms with Gasteiger partial charge in [-0.25, -0.2) is 0 Å². The Morgan fingerprint density at radius 1 is 1.27 bits per heavy atom. The Morgan fingerprint density at radius 2 is 2.08 bits per heavy atom. The number of fused-ring (bicyclic) bond motifs is 1. The molecular formula is C18H18N2O5S. The first kappa shape index (κ1) is 18.1. The van der Waals surface area contributed by atoms with Crippen LogP contribution in [0.15, 0.2) is 52.0 Å². The Labute approximate surface area is 154 Å². The first-order valence-corrected chi connectivity index (χ1v) is 8.89. The molecule has 7 nitrogen and oxygen atoms in total. The predicted octanol–water partition coefficient (Wildman–Crippen LogP) is 2.28. The van der Waals surface area contributed by atoms with Crippen LogP contribution in [0, 0.1) is 0 Å². The van der Waals surface area contributed by atoms with Crippen molar-refractivity contribution in [2.75, 3.05) is 19.0 Å². The average molecular weight is 374 g/mol. The number of ether oxygens (including phenoxy) is 1. The lowest BCUT2D eigenvalue weighted by Crippen LogP contribution is -2.33. The fraction of sp³-hybridized carbons (Fsp3) is 0.278. The lowest BCUT2D eigenvalue weighted by Gasteiger charge is -2.23. The fourth-order valence-electron chi connectivity index (χ4n) is 2.41. The number of nitrogens with one attached hydrogen (secondary N) is 1. The minimum Gasteiger partial charge on any atom is -0.467 e. The Morgan fingerprint density at radius 3 is 2.85 bits per heavy atom. The molecule has 26 heavy (non-hydrogen) atoms. The number of para-hydroxylation sites is 1. The van der Waals surface area contributed by atoms with Gasteiger partial charge in [0.05, 0.1) is 30.2 Å². The number of hydrogen-bond acceptors (Lipinski definition) is 6. The largest absolute Gasteiger partial charge is 0.467 e. The molecular weight excluding hydrogens is 356 g/mol. The Balaban J connectivity index is 1.47. The van der Waals surface area contributed by atoms with Gasteiger partial charge in [-0.15, -0.1) is 11.8 Å². The maximum absolute atomic E-state index is 12.1. The van der Waals surface area contributed by atoms with Gasteiger partial charge in [-0.2, -0.15) is 0 Å². The van der Waals surface area contributed by atoms with Gasteiger partial charge in [0.25, 0.3) is 5.91 Å². The second-order valence-corrected chi connectivity index (χ2v) is 7.03. The molecule has 1 N–H and O–H groups in total. The molecule has 1 aliphatic heterocycles. The Bertz CT molecular complexity index is 806. The molecule has 1 aliphatic rings. The monoisotopic (exact) mass is 374 g/mol. The Hall–Kier alpha value is -2.74. The van der Waals surface area contributed by atoms with Crippen molar-refractivity contribution in [1.82, 2.24) is 4.90 Å². The van der Waals surface area contributed by atoms with E-state index in [0.29, 0.717) is 12.3 Å². The minimum atomic E-state index is -0.586. The van der Waals surface area contributed by atoms with Crippen LogP contribution in [-0.2, 0) is 25.7 Å². The molecule has 0 spiro atoms. The summed E-state index contributed by atoms with van der Waals surface area (Å²) >= 11 is 1.32. The van der Waals surface area contributed by atoms with E-state index in [9.17, 15) is 14.4 Å². The molecule has 2 heterocycles. The van der Waals surface area contributed by atoms with Crippen LogP contribution in [0.4, 0.5) is 5.69 Å². The normalized spacial score (nSPS) is 15.7. The third-order valence-corrected chi connectivity index (χ3v) is 5.09. The number of hydrogen-bond donors (Lipinski definition) is 1. The Kier molecular flexibility index (Phi) is 5.62. The number of esters is 1. The third kappa shape index (κ3) is 4.45. The number of rotatable bonds is 6. The molecule has 0 fully saturated rings. The zero-order chi connectivity index (χ0) is 18.5. The highest BCUT2D eigenvalue weighted by atomic mass is 32.2. The molecule has 0 bridgehead atoms. The van der Waals surface area contributed by atoms with Crippen LogP contribution in [0.2, 0.25) is 0 Å². The van der Waals surface area contributed by atoms with E-state index in [2.05, 4.69) is 5.32 Å². The van der Waals surface area contributed by atoms with Crippen molar-refractivity contribution in [3.63, 3.8) is 0 Å². The molecule has 3 rings (SSSR count). The lowest BCUT2D eigenvalue weighted by atomic mass is 10.2. The topological polar surface area (TPSA) is 88.8 Å². The van der Waals surface area contributed by atoms with Crippen molar-refractivity contribution in [2.24, 2.45) is 0 Å². The van der Waals surface area contributed by atoms with Crippen LogP contribution in [0.3, 0.4) is 0 Å². The minimum absolute atomic E-state index is 0.0972. The highest BCUT2D eigenvalue weighted by Crippen LogP contribution is 2.36. The molecule has 1 aromatic carbocycles. The first-order chi connectivity index (χ1) is 12.5. The van der Waals surface area contributed by atoms with E-state index in [4.69, 9.17) is 9.15 Å². The van der Waals surface area contributed by atoms with Gasteiger partial charge in [-0.05, 0) is 24.3 Å². The van der Waals surface area contributed by atoms with Gasteiger partial charge in [0.2, 0.25) is 5.91 Å². The second kappa shape index (κ2) is 8.09. The molecule has 1 atom stereocenters. The molecule has 0 saturated carbocycles. The standard InChI is InChI=1S/C18H18N2O5S/c1-20(10-12-5-4-8-24-12)16(21)11-25-17(22)9-15-18(23)19-13-6-2-3-7-14(13)26-15/h2-8,15H,9-11H2,1H3,(H,19,23)/t15-/m0/s1. The summed E-state index contributed by atoms with van der Waals surface area (Å²) in [6.07, 6.45) is 1.43. The van der Waals surface area contributed by atoms with Gasteiger partial charge < -0.3 is 19.4 Å². The number of nitrogens with zero attached hydrogens (tertiary/aromatic N) is 1. The van der Waals surface area contributed by atoms with Crippen molar-refractivity contribution in [3.05, 3.63) is 48.4 Å². The maximum atomic E-state index is 12.1. The van der Waals surface area contributed by atoms with Gasteiger partial charge in [-0.3, -0.25) is 14.4 Å². The fourth-order valence-corrected chi connectivity index (χ4v) is 3.51. The van der Waals surface area contributed by atoms with Crippen LogP contribution in [-0.4, -0.2) is 41.6 Å². The van der Waals surface area contributed by atoms with Crippen LogP contribution in [0.1, 0.15) is 12.2 Å². The summed E-state index contributed by atoms with van der Waals surface area (Å²) in [5.41, 5.74) is 0.738. The van der Waals surface area contributed by atoms with Crippen LogP contribution < -0.4 is 5.32 Å². The summed E-state index contributed by atoms with van der Waals surface area (Å²) in [5.74, 6) is -0.536. The SMILES string of the molecule is CN(Cc1ccco1)C(=O)COC(=O)C[C@@H]1Sc2ccccc2NC1=O. The van der Waals surface area contributed by atoms with E-state index in [-0.39, 0.29) is 24.8 Å². The smallest absolute Gasteiger partial charge is 0.307 e. The molecule has 8 heteroatoms. The van der Waals surface area contributed by atoms with Crippen LogP contribution >= 0.6 is 11.8 Å². The van der Waals surface area contributed by atoms with Crippen molar-refractivity contribution in [2.45, 2.75) is 23.1 Å². The summed E-state index contributed by atoms with van der Waals surface area (Å²) in [5, 5.41) is 2.19. The van der Waals surface area contributed by atoms with E-state index >= 15 is 0 Å². The predicted molar refractivity (Wildman–Crippen MR) is 95.5 cm³/mol. The van der Waals surface area contributed by atoms with Crippen molar-refractivity contribution < 1.29 is 23.5 Å². The number of benzene rings is 1. The van der Waals surface area contributed by atoms with E-state index in [0.717, 1.165) is 10.6 Å². The quantitative estimate of drug-likeness (QED) is 0.781. The highest BCUT2D eigenvalue weighted by molar-refractivity contribution is 8.01. The highest BCUT2D eigenvalue weighted by Gasteiger charge is 2.29. The van der Waals surface area contributed by atoms with Gasteiger partial charge in [0, 0.05) is 11.9 Å². The van der Waals surface area contributed by atoms with Gasteiger partial charge >= 0.3 is 5.97 Å². The summed E-state index contributed by atoms with van der Waals surface area (Å²) in [7, 11) is 1.60. The molecule has 0 aliphatic carbocycles. The number of furan rings is 1. The molecule has 0 unspecified atom stereocenters. The lowest BCUT2D eigenvalue weighted by molar-refractivity contribution is -0.152. The van der Waals surface area contributed by atoms with Crippen LogP contribution in [0.5, 0.6) is 0 Å². The molecule has 2 amide bonds. The van der Waals surface area contributed by atoms with Crippen LogP contribution in [0.25, 0.3) is 0 Å². The molecule has 1 aromatic heterocycles. The number of likely N-dealkylation sites (N-methyl/N-ethyl adjacent to an activating group) is 1. The summed E-state index contributed by atoms with van der Waals surface area (Å²) in [6.45, 7) is -0.0767. The van der Waals surface area contributed by atoms with Gasteiger partial charge in [-0.1, -0.05) is 12.1 Å². The molecule has 2 aromatic rings. The number of carbonyl (C=O) groups excluding carboxylic acids is 3. The third-order valence-electron chi connectivity index (χ3n) is 3.81. The summed E-state index contributed by atoms with van der Waals surface area (Å²) in [6, 6.07) is 10.9. The van der Waals surface area contributed by atoms with Gasteiger partial charge in [0.15, 0.2) is 6.61 Å². The van der Waals surface area contributed by atoms with E-state index in [1.165, 1.54) is 22.9 Å². The first-order valence-electron chi connectivity index (χ1n) is 8.01. The van der Waals surface area contributed by atoms with Crippen molar-refractivity contribution in [3.8, 4) is 0 Å². The summed E-state index contributed by atoms with van der Waals surface area (Å²) in [4.78, 5) is 38.4. The summed E-state index contributed by atoms with van der Waals surface area (Å²) < 4.78 is 10.2. The molecule has 136 valence electrons. The van der Waals surface area contributed by atoms with Gasteiger partial charge in [0.1, 0.15) is 5.76 Å². The van der Waals surface area contributed by atoms with E-state index < -0.39 is 11.2 Å². The zero-order valence-corrected chi connectivity index (χ0v) is 15.0. The van der Waals surface area contributed by atoms with E-state index in [1.807, 2.05) is 24.3 Å². The second-order valence-electron chi connectivity index (χ2n) is 5.79. The number of thioether (sulfide) groups is 1. The maximum Gasteiger partial charge on any atom is 0.307 e. The zero-order valence-electron chi connectivity index (χ0n) is 14.1. The average Bonchev–Trinajstić information content (AvgIpc) is 3.13. The molecule has 0 radical (unpaired) electrons. The van der Waals surface area contributed by atoms with E-state index in [1.54, 1.807) is 19.2 Å². The number of anilines is 1. The molecule has 0 saturated heterocycles. The van der Waals surface area contributed by atoms with Crippen molar-refractivity contribution in [1.29, 1.82) is 0 Å².